The molecule has 0 N–H and O–H groups in total. The SMILES string of the molecule is Cc1ccccc1-c1nc(S(=O)(=O)c2ccc(Br)cc2)c(N2CCCCC2)o1. The molecule has 28 heavy (non-hydrogen) atoms. The van der Waals surface area contributed by atoms with E-state index in [0.717, 1.165) is 48.0 Å². The van der Waals surface area contributed by atoms with Gasteiger partial charge in [0.15, 0.2) is 0 Å². The summed E-state index contributed by atoms with van der Waals surface area (Å²) >= 11 is 3.35. The van der Waals surface area contributed by atoms with E-state index in [2.05, 4.69) is 20.9 Å². The Hall–Kier alpha value is -2.12. The molecule has 4 rings (SSSR count). The summed E-state index contributed by atoms with van der Waals surface area (Å²) in [6.45, 7) is 3.50. The number of piperidine rings is 1. The van der Waals surface area contributed by atoms with Gasteiger partial charge in [-0.15, -0.1) is 0 Å². The van der Waals surface area contributed by atoms with Crippen molar-refractivity contribution in [2.45, 2.75) is 36.1 Å². The van der Waals surface area contributed by atoms with E-state index in [1.165, 1.54) is 0 Å². The standard InChI is InChI=1S/C21H21BrN2O3S/c1-15-7-3-4-8-18(15)19-23-20(21(27-19)24-13-5-2-6-14-24)28(25,26)17-11-9-16(22)10-12-17/h3-4,7-12H,2,5-6,13-14H2,1H3. The third-order valence-electron chi connectivity index (χ3n) is 4.98. The third-order valence-corrected chi connectivity index (χ3v) is 7.17. The van der Waals surface area contributed by atoms with Crippen LogP contribution < -0.4 is 4.90 Å². The second-order valence-electron chi connectivity index (χ2n) is 6.95. The number of benzene rings is 2. The first kappa shape index (κ1) is 19.2. The van der Waals surface area contributed by atoms with Crippen LogP contribution in [0.15, 0.2) is 67.3 Å². The summed E-state index contributed by atoms with van der Waals surface area (Å²) in [5.74, 6) is 0.690. The highest BCUT2D eigenvalue weighted by Crippen LogP contribution is 2.36. The number of aryl methyl sites for hydroxylation is 1. The van der Waals surface area contributed by atoms with Crippen LogP contribution in [0.25, 0.3) is 11.5 Å². The van der Waals surface area contributed by atoms with Gasteiger partial charge >= 0.3 is 0 Å². The Kier molecular flexibility index (Phi) is 5.29. The number of sulfone groups is 1. The maximum absolute atomic E-state index is 13.4. The van der Waals surface area contributed by atoms with Crippen LogP contribution >= 0.6 is 15.9 Å². The summed E-state index contributed by atoms with van der Waals surface area (Å²) in [5, 5.41) is -0.00465. The lowest BCUT2D eigenvalue weighted by atomic mass is 10.1. The quantitative estimate of drug-likeness (QED) is 0.532. The van der Waals surface area contributed by atoms with Crippen molar-refractivity contribution < 1.29 is 12.8 Å². The Balaban J connectivity index is 1.87. The average molecular weight is 461 g/mol. The van der Waals surface area contributed by atoms with Crippen LogP contribution in [0.3, 0.4) is 0 Å². The molecule has 0 radical (unpaired) electrons. The number of rotatable bonds is 4. The van der Waals surface area contributed by atoms with Crippen LogP contribution in [-0.2, 0) is 9.84 Å². The van der Waals surface area contributed by atoms with Crippen molar-refractivity contribution in [2.75, 3.05) is 18.0 Å². The molecule has 7 heteroatoms. The first-order valence-electron chi connectivity index (χ1n) is 9.29. The van der Waals surface area contributed by atoms with Crippen molar-refractivity contribution >= 4 is 31.7 Å². The zero-order valence-corrected chi connectivity index (χ0v) is 18.0. The van der Waals surface area contributed by atoms with E-state index in [1.54, 1.807) is 24.3 Å². The zero-order chi connectivity index (χ0) is 19.7. The van der Waals surface area contributed by atoms with Crippen LogP contribution in [0, 0.1) is 6.92 Å². The van der Waals surface area contributed by atoms with Crippen LogP contribution in [0.4, 0.5) is 5.88 Å². The molecule has 1 fully saturated rings. The molecule has 0 spiro atoms. The highest BCUT2D eigenvalue weighted by atomic mass is 79.9. The third kappa shape index (κ3) is 3.61. The maximum Gasteiger partial charge on any atom is 0.236 e. The molecule has 0 amide bonds. The fourth-order valence-corrected chi connectivity index (χ4v) is 5.01. The Morgan fingerprint density at radius 1 is 1.00 bits per heavy atom. The van der Waals surface area contributed by atoms with Gasteiger partial charge in [-0.2, -0.15) is 4.98 Å². The Morgan fingerprint density at radius 2 is 1.68 bits per heavy atom. The lowest BCUT2D eigenvalue weighted by Crippen LogP contribution is -2.30. The molecule has 1 saturated heterocycles. The van der Waals surface area contributed by atoms with E-state index in [0.29, 0.717) is 11.8 Å². The van der Waals surface area contributed by atoms with Gasteiger partial charge in [0.25, 0.3) is 0 Å². The summed E-state index contributed by atoms with van der Waals surface area (Å²) in [5.41, 5.74) is 1.79. The largest absolute Gasteiger partial charge is 0.419 e. The van der Waals surface area contributed by atoms with Gasteiger partial charge < -0.3 is 9.32 Å². The Bertz CT molecular complexity index is 1090. The molecule has 2 heterocycles. The molecule has 3 aromatic rings. The first-order chi connectivity index (χ1) is 13.5. The number of aromatic nitrogens is 1. The summed E-state index contributed by atoms with van der Waals surface area (Å²) in [6, 6.07) is 14.3. The van der Waals surface area contributed by atoms with Crippen molar-refractivity contribution in [3.8, 4) is 11.5 Å². The van der Waals surface area contributed by atoms with E-state index >= 15 is 0 Å². The van der Waals surface area contributed by atoms with Crippen molar-refractivity contribution in [1.82, 2.24) is 4.98 Å². The van der Waals surface area contributed by atoms with Gasteiger partial charge in [-0.1, -0.05) is 34.1 Å². The Labute approximate surface area is 173 Å². The predicted octanol–water partition coefficient (Wildman–Crippen LogP) is 5.24. The van der Waals surface area contributed by atoms with Gasteiger partial charge in [0.05, 0.1) is 4.90 Å². The molecular weight excluding hydrogens is 440 g/mol. The molecule has 2 aromatic carbocycles. The minimum atomic E-state index is -3.80. The van der Waals surface area contributed by atoms with Gasteiger partial charge in [-0.05, 0) is 62.1 Å². The number of anilines is 1. The molecule has 0 saturated carbocycles. The average Bonchev–Trinajstić information content (AvgIpc) is 3.15. The number of hydrogen-bond acceptors (Lipinski definition) is 5. The maximum atomic E-state index is 13.4. The minimum Gasteiger partial charge on any atom is -0.419 e. The van der Waals surface area contributed by atoms with Crippen LogP contribution in [0.2, 0.25) is 0 Å². The number of hydrogen-bond donors (Lipinski definition) is 0. The highest BCUT2D eigenvalue weighted by Gasteiger charge is 2.32. The molecule has 0 aliphatic carbocycles. The zero-order valence-electron chi connectivity index (χ0n) is 15.6. The molecule has 1 aliphatic rings. The van der Waals surface area contributed by atoms with Crippen molar-refractivity contribution in [2.24, 2.45) is 0 Å². The van der Waals surface area contributed by atoms with E-state index in [9.17, 15) is 8.42 Å². The van der Waals surface area contributed by atoms with Crippen LogP contribution in [0.1, 0.15) is 24.8 Å². The number of halogens is 1. The molecular formula is C21H21BrN2O3S. The van der Waals surface area contributed by atoms with Crippen molar-refractivity contribution in [3.63, 3.8) is 0 Å². The lowest BCUT2D eigenvalue weighted by molar-refractivity contribution is 0.499. The number of oxazole rings is 1. The second-order valence-corrected chi connectivity index (χ2v) is 9.73. The fraction of sp³-hybridized carbons (Fsp3) is 0.286. The molecule has 1 aliphatic heterocycles. The fourth-order valence-electron chi connectivity index (χ4n) is 3.42. The highest BCUT2D eigenvalue weighted by molar-refractivity contribution is 9.10. The van der Waals surface area contributed by atoms with Gasteiger partial charge in [0, 0.05) is 23.1 Å². The van der Waals surface area contributed by atoms with E-state index in [-0.39, 0.29) is 9.92 Å². The first-order valence-corrected chi connectivity index (χ1v) is 11.6. The summed E-state index contributed by atoms with van der Waals surface area (Å²) < 4.78 is 33.6. The summed E-state index contributed by atoms with van der Waals surface area (Å²) in [4.78, 5) is 6.69. The minimum absolute atomic E-state index is 0.00465. The number of nitrogens with zero attached hydrogens (tertiary/aromatic N) is 2. The molecule has 1 aromatic heterocycles. The van der Waals surface area contributed by atoms with Gasteiger partial charge in [-0.25, -0.2) is 8.42 Å². The monoisotopic (exact) mass is 460 g/mol. The van der Waals surface area contributed by atoms with Crippen molar-refractivity contribution in [1.29, 1.82) is 0 Å². The van der Waals surface area contributed by atoms with E-state index in [4.69, 9.17) is 4.42 Å². The molecule has 0 bridgehead atoms. The van der Waals surface area contributed by atoms with Gasteiger partial charge in [0.1, 0.15) is 0 Å². The topological polar surface area (TPSA) is 63.4 Å². The van der Waals surface area contributed by atoms with Gasteiger partial charge in [-0.3, -0.25) is 0 Å². The van der Waals surface area contributed by atoms with E-state index < -0.39 is 9.84 Å². The lowest BCUT2D eigenvalue weighted by Gasteiger charge is -2.26. The smallest absolute Gasteiger partial charge is 0.236 e. The Morgan fingerprint density at radius 3 is 2.36 bits per heavy atom. The summed E-state index contributed by atoms with van der Waals surface area (Å²) in [6.07, 6.45) is 3.17. The molecule has 0 unspecified atom stereocenters. The van der Waals surface area contributed by atoms with Crippen molar-refractivity contribution in [3.05, 3.63) is 58.6 Å². The molecule has 5 nitrogen and oxygen atoms in total. The molecule has 0 atom stereocenters. The van der Waals surface area contributed by atoms with Crippen LogP contribution in [0.5, 0.6) is 0 Å². The normalized spacial score (nSPS) is 15.0. The second kappa shape index (κ2) is 7.72. The molecule has 146 valence electrons. The van der Waals surface area contributed by atoms with Gasteiger partial charge in [0.2, 0.25) is 26.6 Å². The van der Waals surface area contributed by atoms with Crippen LogP contribution in [-0.4, -0.2) is 26.5 Å². The summed E-state index contributed by atoms with van der Waals surface area (Å²) in [7, 11) is -3.80. The van der Waals surface area contributed by atoms with E-state index in [1.807, 2.05) is 36.1 Å². The predicted molar refractivity (Wildman–Crippen MR) is 112 cm³/mol.